The van der Waals surface area contributed by atoms with Crippen LogP contribution in [0.1, 0.15) is 78.6 Å². The van der Waals surface area contributed by atoms with Gasteiger partial charge in [-0.2, -0.15) is 0 Å². The fourth-order valence-corrected chi connectivity index (χ4v) is 7.33. The number of carbonyl (C=O) groups excluding carboxylic acids is 2. The van der Waals surface area contributed by atoms with Crippen molar-refractivity contribution in [3.8, 4) is 0 Å². The zero-order valence-corrected chi connectivity index (χ0v) is 19.4. The Morgan fingerprint density at radius 1 is 1.07 bits per heavy atom. The molecule has 5 heteroatoms. The smallest absolute Gasteiger partial charge is 0.242 e. The van der Waals surface area contributed by atoms with E-state index in [0.29, 0.717) is 6.54 Å². The van der Waals surface area contributed by atoms with Crippen molar-refractivity contribution >= 4 is 11.8 Å². The van der Waals surface area contributed by atoms with E-state index in [2.05, 4.69) is 22.5 Å². The van der Waals surface area contributed by atoms with Gasteiger partial charge in [0.1, 0.15) is 6.04 Å². The van der Waals surface area contributed by atoms with Crippen LogP contribution in [-0.2, 0) is 9.59 Å². The number of nitrogens with one attached hydrogen (secondary N) is 2. The second kappa shape index (κ2) is 9.18. The Balaban J connectivity index is 1.26. The van der Waals surface area contributed by atoms with Crippen molar-refractivity contribution in [3.63, 3.8) is 0 Å². The van der Waals surface area contributed by atoms with Gasteiger partial charge in [0.05, 0.1) is 0 Å². The van der Waals surface area contributed by atoms with Crippen LogP contribution in [0.2, 0.25) is 0 Å². The molecule has 4 saturated carbocycles. The second-order valence-electron chi connectivity index (χ2n) is 11.6. The minimum atomic E-state index is -0.416. The summed E-state index contributed by atoms with van der Waals surface area (Å²) in [6, 6.07) is -0.416. The van der Waals surface area contributed by atoms with Crippen LogP contribution in [0, 0.1) is 35.0 Å². The Morgan fingerprint density at radius 2 is 1.70 bits per heavy atom. The SMILES string of the molecule is CC(C)[C@@H](NC(=O)C12CC3CC(CC(C3)C1)C2)C(=O)NCCCN1CCC[C@@H](C)C1. The van der Waals surface area contributed by atoms with Crippen LogP contribution in [0.25, 0.3) is 0 Å². The minimum Gasteiger partial charge on any atom is -0.354 e. The molecule has 1 aliphatic heterocycles. The molecule has 170 valence electrons. The van der Waals surface area contributed by atoms with Crippen LogP contribution in [0.4, 0.5) is 0 Å². The summed E-state index contributed by atoms with van der Waals surface area (Å²) in [5, 5.41) is 6.32. The largest absolute Gasteiger partial charge is 0.354 e. The Bertz CT molecular complexity index is 597. The van der Waals surface area contributed by atoms with E-state index in [9.17, 15) is 9.59 Å². The van der Waals surface area contributed by atoms with Gasteiger partial charge in [0.2, 0.25) is 11.8 Å². The first-order valence-corrected chi connectivity index (χ1v) is 12.7. The summed E-state index contributed by atoms with van der Waals surface area (Å²) in [6.07, 6.45) is 10.7. The Kier molecular flexibility index (Phi) is 6.76. The topological polar surface area (TPSA) is 61.4 Å². The third kappa shape index (κ3) is 4.87. The third-order valence-corrected chi connectivity index (χ3v) is 8.45. The predicted octanol–water partition coefficient (Wildman–Crippen LogP) is 3.58. The van der Waals surface area contributed by atoms with Gasteiger partial charge in [-0.15, -0.1) is 0 Å². The molecule has 2 amide bonds. The molecule has 0 aromatic rings. The number of piperidine rings is 1. The van der Waals surface area contributed by atoms with Gasteiger partial charge in [0.15, 0.2) is 0 Å². The molecule has 5 aliphatic rings. The van der Waals surface area contributed by atoms with Gasteiger partial charge in [0.25, 0.3) is 0 Å². The lowest BCUT2D eigenvalue weighted by Gasteiger charge is -2.55. The van der Waals surface area contributed by atoms with Gasteiger partial charge in [0, 0.05) is 18.5 Å². The van der Waals surface area contributed by atoms with E-state index in [1.807, 2.05) is 13.8 Å². The molecule has 2 atom stereocenters. The standard InChI is InChI=1S/C25H43N3O2/c1-17(2)22(23(29)26-7-5-9-28-8-4-6-18(3)16-28)27-24(30)25-13-19-10-20(14-25)12-21(11-19)15-25/h17-22H,4-16H2,1-3H3,(H,26,29)(H,27,30)/t18-,19?,20?,21?,22-,25?/m1/s1. The van der Waals surface area contributed by atoms with Crippen molar-refractivity contribution < 1.29 is 9.59 Å². The lowest BCUT2D eigenvalue weighted by molar-refractivity contribution is -0.149. The van der Waals surface area contributed by atoms with E-state index in [-0.39, 0.29) is 23.1 Å². The summed E-state index contributed by atoms with van der Waals surface area (Å²) in [5.41, 5.74) is -0.187. The maximum Gasteiger partial charge on any atom is 0.242 e. The average molecular weight is 418 g/mol. The van der Waals surface area contributed by atoms with Gasteiger partial charge < -0.3 is 15.5 Å². The van der Waals surface area contributed by atoms with Gasteiger partial charge in [-0.25, -0.2) is 0 Å². The molecule has 5 nitrogen and oxygen atoms in total. The van der Waals surface area contributed by atoms with Gasteiger partial charge in [-0.05, 0) is 100 Å². The molecule has 0 unspecified atom stereocenters. The molecule has 1 saturated heterocycles. The quantitative estimate of drug-likeness (QED) is 0.594. The average Bonchev–Trinajstić information content (AvgIpc) is 2.68. The highest BCUT2D eigenvalue weighted by Gasteiger charge is 2.55. The van der Waals surface area contributed by atoms with Crippen molar-refractivity contribution in [1.29, 1.82) is 0 Å². The van der Waals surface area contributed by atoms with E-state index < -0.39 is 6.04 Å². The normalized spacial score (nSPS) is 36.7. The van der Waals surface area contributed by atoms with Crippen LogP contribution >= 0.6 is 0 Å². The molecular weight excluding hydrogens is 374 g/mol. The minimum absolute atomic E-state index is 0.00455. The van der Waals surface area contributed by atoms with Crippen molar-refractivity contribution in [2.24, 2.45) is 35.0 Å². The van der Waals surface area contributed by atoms with E-state index in [4.69, 9.17) is 0 Å². The maximum absolute atomic E-state index is 13.4. The molecule has 4 aliphatic carbocycles. The highest BCUT2D eigenvalue weighted by molar-refractivity contribution is 5.90. The molecule has 0 radical (unpaired) electrons. The lowest BCUT2D eigenvalue weighted by atomic mass is 9.49. The summed E-state index contributed by atoms with van der Waals surface area (Å²) in [5.74, 6) is 3.28. The monoisotopic (exact) mass is 417 g/mol. The Labute approximate surface area is 183 Å². The number of nitrogens with zero attached hydrogens (tertiary/aromatic N) is 1. The van der Waals surface area contributed by atoms with Gasteiger partial charge >= 0.3 is 0 Å². The van der Waals surface area contributed by atoms with Crippen molar-refractivity contribution in [2.45, 2.75) is 84.6 Å². The highest BCUT2D eigenvalue weighted by Crippen LogP contribution is 2.60. The molecule has 0 aromatic heterocycles. The zero-order chi connectivity index (χ0) is 21.3. The Morgan fingerprint density at radius 3 is 2.27 bits per heavy atom. The van der Waals surface area contributed by atoms with Crippen LogP contribution in [-0.4, -0.2) is 48.9 Å². The maximum atomic E-state index is 13.4. The predicted molar refractivity (Wildman–Crippen MR) is 120 cm³/mol. The van der Waals surface area contributed by atoms with Gasteiger partial charge in [-0.1, -0.05) is 20.8 Å². The molecular formula is C25H43N3O2. The summed E-state index contributed by atoms with van der Waals surface area (Å²) >= 11 is 0. The number of rotatable bonds is 8. The zero-order valence-electron chi connectivity index (χ0n) is 19.4. The number of hydrogen-bond acceptors (Lipinski definition) is 3. The number of hydrogen-bond donors (Lipinski definition) is 2. The molecule has 0 spiro atoms. The molecule has 1 heterocycles. The molecule has 2 N–H and O–H groups in total. The summed E-state index contributed by atoms with van der Waals surface area (Å²) in [4.78, 5) is 28.8. The summed E-state index contributed by atoms with van der Waals surface area (Å²) in [7, 11) is 0. The van der Waals surface area contributed by atoms with E-state index >= 15 is 0 Å². The van der Waals surface area contributed by atoms with E-state index in [1.54, 1.807) is 0 Å². The fraction of sp³-hybridized carbons (Fsp3) is 0.920. The first kappa shape index (κ1) is 22.1. The first-order chi connectivity index (χ1) is 14.3. The van der Waals surface area contributed by atoms with Crippen LogP contribution in [0.5, 0.6) is 0 Å². The lowest BCUT2D eigenvalue weighted by Crippen LogP contribution is -2.58. The Hall–Kier alpha value is -1.10. The van der Waals surface area contributed by atoms with Crippen LogP contribution in [0.15, 0.2) is 0 Å². The van der Waals surface area contributed by atoms with Crippen molar-refractivity contribution in [3.05, 3.63) is 0 Å². The molecule has 5 fully saturated rings. The van der Waals surface area contributed by atoms with Gasteiger partial charge in [-0.3, -0.25) is 9.59 Å². The first-order valence-electron chi connectivity index (χ1n) is 12.7. The third-order valence-electron chi connectivity index (χ3n) is 8.45. The van der Waals surface area contributed by atoms with E-state index in [0.717, 1.165) is 55.9 Å². The summed E-state index contributed by atoms with van der Waals surface area (Å²) < 4.78 is 0. The number of carbonyl (C=O) groups is 2. The van der Waals surface area contributed by atoms with Crippen molar-refractivity contribution in [2.75, 3.05) is 26.2 Å². The second-order valence-corrected chi connectivity index (χ2v) is 11.6. The molecule has 30 heavy (non-hydrogen) atoms. The highest BCUT2D eigenvalue weighted by atomic mass is 16.2. The number of likely N-dealkylation sites (tertiary alicyclic amines) is 1. The molecule has 0 aromatic carbocycles. The van der Waals surface area contributed by atoms with Crippen LogP contribution in [0.3, 0.4) is 0 Å². The fourth-order valence-electron chi connectivity index (χ4n) is 7.33. The van der Waals surface area contributed by atoms with Crippen LogP contribution < -0.4 is 10.6 Å². The molecule has 4 bridgehead atoms. The molecule has 5 rings (SSSR count). The summed E-state index contributed by atoms with van der Waals surface area (Å²) in [6.45, 7) is 10.5. The number of amides is 2. The van der Waals surface area contributed by atoms with Crippen molar-refractivity contribution in [1.82, 2.24) is 15.5 Å². The van der Waals surface area contributed by atoms with E-state index in [1.165, 1.54) is 45.2 Å².